The van der Waals surface area contributed by atoms with Gasteiger partial charge in [-0.3, -0.25) is 14.5 Å². The van der Waals surface area contributed by atoms with Crippen LogP contribution in [0, 0.1) is 0 Å². The monoisotopic (exact) mass is 489 g/mol. The number of rotatable bonds is 17. The summed E-state index contributed by atoms with van der Waals surface area (Å²) in [5.74, 6) is -0.263. The van der Waals surface area contributed by atoms with Crippen LogP contribution in [0.5, 0.6) is 11.5 Å². The molecule has 0 aliphatic carbocycles. The largest absolute Gasteiger partial charge is 0.480 e. The van der Waals surface area contributed by atoms with E-state index in [1.54, 1.807) is 24.0 Å². The molecule has 1 amide bonds. The van der Waals surface area contributed by atoms with Gasteiger partial charge in [-0.2, -0.15) is 0 Å². The Bertz CT molecular complexity index is 956. The first kappa shape index (κ1) is 28.1. The highest BCUT2D eigenvalue weighted by atomic mass is 16.7. The van der Waals surface area contributed by atoms with Crippen molar-refractivity contribution in [1.82, 2.24) is 10.2 Å². The fraction of sp³-hybridized carbons (Fsp3) is 0.440. The summed E-state index contributed by atoms with van der Waals surface area (Å²) >= 11 is 0. The number of nitrogens with zero attached hydrogens (tertiary/aromatic N) is 1. The first-order valence-corrected chi connectivity index (χ1v) is 11.2. The Balaban J connectivity index is 2.09. The summed E-state index contributed by atoms with van der Waals surface area (Å²) in [6, 6.07) is 14.7. The van der Waals surface area contributed by atoms with Crippen molar-refractivity contribution in [2.75, 3.05) is 47.4 Å². The van der Waals surface area contributed by atoms with Crippen LogP contribution < -0.4 is 20.5 Å². The highest BCUT2D eigenvalue weighted by Gasteiger charge is 2.32. The minimum Gasteiger partial charge on any atom is -0.480 e. The molecule has 2 aromatic carbocycles. The van der Waals surface area contributed by atoms with Crippen LogP contribution in [0.4, 0.5) is 0 Å². The lowest BCUT2D eigenvalue weighted by atomic mass is 9.91. The van der Waals surface area contributed by atoms with E-state index in [1.165, 1.54) is 14.2 Å². The quantitative estimate of drug-likeness (QED) is 0.284. The number of carbonyl (C=O) groups is 2. The van der Waals surface area contributed by atoms with Crippen LogP contribution >= 0.6 is 0 Å². The van der Waals surface area contributed by atoms with Crippen molar-refractivity contribution in [3.63, 3.8) is 0 Å². The van der Waals surface area contributed by atoms with Gasteiger partial charge in [0.25, 0.3) is 0 Å². The second-order valence-electron chi connectivity index (χ2n) is 8.22. The Labute approximate surface area is 205 Å². The number of amides is 1. The number of nitrogens with one attached hydrogen (secondary N) is 1. The van der Waals surface area contributed by atoms with Gasteiger partial charge in [0.15, 0.2) is 13.6 Å². The molecule has 1 unspecified atom stereocenters. The highest BCUT2D eigenvalue weighted by Crippen LogP contribution is 2.24. The summed E-state index contributed by atoms with van der Waals surface area (Å²) < 4.78 is 21.2. The number of nitrogens with two attached hydrogens (primary N) is 1. The van der Waals surface area contributed by atoms with E-state index in [-0.39, 0.29) is 26.6 Å². The van der Waals surface area contributed by atoms with Gasteiger partial charge in [0, 0.05) is 45.8 Å². The normalized spacial score (nSPS) is 12.8. The maximum atomic E-state index is 12.4. The molecule has 0 spiro atoms. The Morgan fingerprint density at radius 2 is 1.51 bits per heavy atom. The number of ether oxygens (including phenoxy) is 4. The van der Waals surface area contributed by atoms with E-state index < -0.39 is 17.4 Å². The Hall–Kier alpha value is -3.18. The lowest BCUT2D eigenvalue weighted by molar-refractivity contribution is -0.138. The van der Waals surface area contributed by atoms with Crippen molar-refractivity contribution in [2.24, 2.45) is 5.73 Å². The summed E-state index contributed by atoms with van der Waals surface area (Å²) in [6.45, 7) is 2.74. The maximum Gasteiger partial charge on any atom is 0.317 e. The third-order valence-electron chi connectivity index (χ3n) is 5.39. The van der Waals surface area contributed by atoms with E-state index in [0.29, 0.717) is 31.1 Å². The number of carboxylic acid groups (broad SMARTS) is 1. The molecule has 0 radical (unpaired) electrons. The van der Waals surface area contributed by atoms with Gasteiger partial charge >= 0.3 is 5.97 Å². The van der Waals surface area contributed by atoms with Crippen molar-refractivity contribution < 1.29 is 33.6 Å². The number of carbonyl (C=O) groups excluding carboxylic acids is 1. The SMILES string of the molecule is COCOc1ccccc1CN(CCNC(C)(Cc1ccccc1OCOC)C(N)=O)CC(=O)O. The average Bonchev–Trinajstić information content (AvgIpc) is 2.82. The van der Waals surface area contributed by atoms with E-state index in [2.05, 4.69) is 5.32 Å². The van der Waals surface area contributed by atoms with Crippen LogP contribution in [0.25, 0.3) is 0 Å². The number of aliphatic carboxylic acids is 1. The molecule has 4 N–H and O–H groups in total. The second-order valence-corrected chi connectivity index (χ2v) is 8.22. The summed E-state index contributed by atoms with van der Waals surface area (Å²) in [6.07, 6.45) is 0.287. The van der Waals surface area contributed by atoms with Gasteiger partial charge in [-0.05, 0) is 24.6 Å². The third-order valence-corrected chi connectivity index (χ3v) is 5.39. The van der Waals surface area contributed by atoms with Crippen LogP contribution in [0.1, 0.15) is 18.1 Å². The molecule has 0 saturated carbocycles. The predicted octanol–water partition coefficient (Wildman–Crippen LogP) is 1.61. The lowest BCUT2D eigenvalue weighted by Gasteiger charge is -2.30. The Morgan fingerprint density at radius 3 is 2.06 bits per heavy atom. The summed E-state index contributed by atoms with van der Waals surface area (Å²) in [5.41, 5.74) is 6.29. The Morgan fingerprint density at radius 1 is 0.971 bits per heavy atom. The molecule has 10 heteroatoms. The van der Waals surface area contributed by atoms with Gasteiger partial charge in [0.05, 0.1) is 12.1 Å². The molecule has 10 nitrogen and oxygen atoms in total. The van der Waals surface area contributed by atoms with Gasteiger partial charge in [0.2, 0.25) is 5.91 Å². The average molecular weight is 490 g/mol. The number of methoxy groups -OCH3 is 2. The topological polar surface area (TPSA) is 133 Å². The lowest BCUT2D eigenvalue weighted by Crippen LogP contribution is -2.56. The van der Waals surface area contributed by atoms with Crippen LogP contribution in [0.15, 0.2) is 48.5 Å². The fourth-order valence-electron chi connectivity index (χ4n) is 3.56. The predicted molar refractivity (Wildman–Crippen MR) is 130 cm³/mol. The van der Waals surface area contributed by atoms with Crippen molar-refractivity contribution >= 4 is 11.9 Å². The molecule has 0 saturated heterocycles. The van der Waals surface area contributed by atoms with E-state index in [9.17, 15) is 14.7 Å². The van der Waals surface area contributed by atoms with Crippen molar-refractivity contribution in [3.05, 3.63) is 59.7 Å². The van der Waals surface area contributed by atoms with Gasteiger partial charge in [-0.1, -0.05) is 36.4 Å². The minimum absolute atomic E-state index is 0.0808. The van der Waals surface area contributed by atoms with Gasteiger partial charge in [-0.15, -0.1) is 0 Å². The smallest absolute Gasteiger partial charge is 0.317 e. The van der Waals surface area contributed by atoms with E-state index in [0.717, 1.165) is 11.1 Å². The molecule has 0 fully saturated rings. The molecule has 0 bridgehead atoms. The van der Waals surface area contributed by atoms with Crippen LogP contribution in [0.2, 0.25) is 0 Å². The van der Waals surface area contributed by atoms with Crippen molar-refractivity contribution in [3.8, 4) is 11.5 Å². The van der Waals surface area contributed by atoms with Crippen molar-refractivity contribution in [2.45, 2.75) is 25.4 Å². The van der Waals surface area contributed by atoms with E-state index in [4.69, 9.17) is 24.7 Å². The highest BCUT2D eigenvalue weighted by molar-refractivity contribution is 5.84. The van der Waals surface area contributed by atoms with Crippen LogP contribution in [0.3, 0.4) is 0 Å². The number of hydrogen-bond acceptors (Lipinski definition) is 8. The summed E-state index contributed by atoms with van der Waals surface area (Å²) in [7, 11) is 3.06. The molecule has 192 valence electrons. The first-order valence-electron chi connectivity index (χ1n) is 11.2. The molecule has 0 aliphatic heterocycles. The minimum atomic E-state index is -1.08. The number of primary amides is 1. The second kappa shape index (κ2) is 14.3. The molecule has 35 heavy (non-hydrogen) atoms. The van der Waals surface area contributed by atoms with E-state index >= 15 is 0 Å². The van der Waals surface area contributed by atoms with Gasteiger partial charge in [-0.25, -0.2) is 0 Å². The molecule has 0 aliphatic rings. The zero-order valence-corrected chi connectivity index (χ0v) is 20.5. The molecule has 1 atom stereocenters. The fourth-order valence-corrected chi connectivity index (χ4v) is 3.56. The third kappa shape index (κ3) is 9.18. The molecule has 0 heterocycles. The van der Waals surface area contributed by atoms with Gasteiger partial charge in [0.1, 0.15) is 11.5 Å². The molecular formula is C25H35N3O7. The molecular weight excluding hydrogens is 454 g/mol. The summed E-state index contributed by atoms with van der Waals surface area (Å²) in [4.78, 5) is 25.6. The number of carboxylic acids is 1. The van der Waals surface area contributed by atoms with Crippen molar-refractivity contribution in [1.29, 1.82) is 0 Å². The van der Waals surface area contributed by atoms with Gasteiger partial charge < -0.3 is 35.1 Å². The standard InChI is InChI=1S/C25H35N3O7/c1-25(24(26)31,14-19-8-4-6-10-21(19)34-17-32-2)27-12-13-28(16-23(29)30)15-20-9-5-7-11-22(20)35-18-33-3/h4-11,27H,12-18H2,1-3H3,(H2,26,31)(H,29,30). The molecule has 2 aromatic rings. The first-order chi connectivity index (χ1) is 16.8. The maximum absolute atomic E-state index is 12.4. The molecule has 0 aromatic heterocycles. The molecule has 2 rings (SSSR count). The van der Waals surface area contributed by atoms with Crippen LogP contribution in [-0.2, 0) is 32.0 Å². The zero-order valence-electron chi connectivity index (χ0n) is 20.5. The van der Waals surface area contributed by atoms with Crippen LogP contribution in [-0.4, -0.2) is 74.9 Å². The number of para-hydroxylation sites is 2. The summed E-state index contributed by atoms with van der Waals surface area (Å²) in [5, 5.41) is 12.6. The number of hydrogen-bond donors (Lipinski definition) is 3. The zero-order chi connectivity index (χ0) is 25.7. The Kier molecular flexibility index (Phi) is 11.4. The number of benzene rings is 2. The van der Waals surface area contributed by atoms with E-state index in [1.807, 2.05) is 36.4 Å².